The summed E-state index contributed by atoms with van der Waals surface area (Å²) in [6.45, 7) is 5.84. The first-order valence-electron chi connectivity index (χ1n) is 18.7. The van der Waals surface area contributed by atoms with E-state index in [1.54, 1.807) is 24.3 Å². The number of aliphatic hydroxyl groups excluding tert-OH is 3. The zero-order valence-electron chi connectivity index (χ0n) is 31.1. The normalized spacial score (nSPS) is 30.5. The molecule has 0 aliphatic carbocycles. The predicted octanol–water partition coefficient (Wildman–Crippen LogP) is 2.48. The molecule has 14 nitrogen and oxygen atoms in total. The van der Waals surface area contributed by atoms with E-state index in [1.165, 1.54) is 6.92 Å². The number of aryl methyl sites for hydroxylation is 2. The van der Waals surface area contributed by atoms with Gasteiger partial charge in [-0.2, -0.15) is 0 Å². The molecule has 2 saturated heterocycles. The highest BCUT2D eigenvalue weighted by atomic mass is 16.6. The van der Waals surface area contributed by atoms with Gasteiger partial charge in [-0.1, -0.05) is 30.4 Å². The average Bonchev–Trinajstić information content (AvgIpc) is 3.14. The van der Waals surface area contributed by atoms with Crippen molar-refractivity contribution < 1.29 is 53.8 Å². The molecular weight excluding hydrogens is 698 g/mol. The zero-order chi connectivity index (χ0) is 39.0. The van der Waals surface area contributed by atoms with Crippen molar-refractivity contribution in [3.8, 4) is 5.75 Å². The first-order chi connectivity index (χ1) is 25.8. The Morgan fingerprint density at radius 3 is 2.39 bits per heavy atom. The van der Waals surface area contributed by atoms with Gasteiger partial charge in [-0.15, -0.1) is 0 Å². The number of hydrogen-bond acceptors (Lipinski definition) is 10. The van der Waals surface area contributed by atoms with Gasteiger partial charge in [0.05, 0.1) is 43.4 Å². The average molecular weight is 752 g/mol. The third-order valence-corrected chi connectivity index (χ3v) is 10.4. The van der Waals surface area contributed by atoms with Crippen LogP contribution in [0.2, 0.25) is 0 Å². The van der Waals surface area contributed by atoms with Crippen LogP contribution in [-0.2, 0) is 23.9 Å². The van der Waals surface area contributed by atoms with Crippen LogP contribution in [0.1, 0.15) is 90.5 Å². The molecule has 4 aliphatic rings. The van der Waals surface area contributed by atoms with E-state index in [1.807, 2.05) is 38.1 Å². The van der Waals surface area contributed by atoms with E-state index < -0.39 is 66.8 Å². The molecule has 2 aromatic rings. The van der Waals surface area contributed by atoms with E-state index in [2.05, 4.69) is 16.0 Å². The highest BCUT2D eigenvalue weighted by Crippen LogP contribution is 2.36. The van der Waals surface area contributed by atoms with Gasteiger partial charge in [-0.3, -0.25) is 14.4 Å². The van der Waals surface area contributed by atoms with Gasteiger partial charge in [-0.05, 0) is 86.4 Å². The van der Waals surface area contributed by atoms with Crippen molar-refractivity contribution in [3.63, 3.8) is 0 Å². The molecule has 0 spiro atoms. The van der Waals surface area contributed by atoms with E-state index in [0.717, 1.165) is 41.5 Å². The van der Waals surface area contributed by atoms with Crippen molar-refractivity contribution >= 4 is 29.8 Å². The van der Waals surface area contributed by atoms with E-state index in [0.29, 0.717) is 44.0 Å². The van der Waals surface area contributed by atoms with E-state index >= 15 is 0 Å². The number of nitrogens with one attached hydrogen (secondary N) is 3. The van der Waals surface area contributed by atoms with Gasteiger partial charge in [0.1, 0.15) is 18.0 Å². The monoisotopic (exact) mass is 751 g/mol. The molecule has 0 radical (unpaired) electrons. The molecule has 14 heteroatoms. The van der Waals surface area contributed by atoms with Crippen LogP contribution in [0, 0.1) is 19.8 Å². The number of carbonyl (C=O) groups excluding carboxylic acids is 3. The Kier molecular flexibility index (Phi) is 13.9. The second-order valence-corrected chi connectivity index (χ2v) is 14.7. The quantitative estimate of drug-likeness (QED) is 0.241. The molecule has 6 rings (SSSR count). The highest BCUT2D eigenvalue weighted by Gasteiger charge is 2.54. The van der Waals surface area contributed by atoms with E-state index in [-0.39, 0.29) is 24.3 Å². The number of benzene rings is 2. The number of hydrogen-bond donors (Lipinski definition) is 7. The number of aliphatic carboxylic acids is 1. The summed E-state index contributed by atoms with van der Waals surface area (Å²) in [6, 6.07) is 9.30. The van der Waals surface area contributed by atoms with Crippen LogP contribution in [0.3, 0.4) is 0 Å². The summed E-state index contributed by atoms with van der Waals surface area (Å²) in [6.07, 6.45) is -0.243. The molecular formula is C40H53N3O11. The molecule has 294 valence electrons. The van der Waals surface area contributed by atoms with Gasteiger partial charge in [0.25, 0.3) is 5.91 Å². The smallest absolute Gasteiger partial charge is 0.336 e. The van der Waals surface area contributed by atoms with Gasteiger partial charge in [0, 0.05) is 38.5 Å². The van der Waals surface area contributed by atoms with Crippen LogP contribution in [0.5, 0.6) is 5.75 Å². The van der Waals surface area contributed by atoms with Crippen LogP contribution < -0.4 is 20.7 Å². The van der Waals surface area contributed by atoms with Gasteiger partial charge >= 0.3 is 5.97 Å². The second-order valence-electron chi connectivity index (χ2n) is 14.7. The number of amides is 3. The molecule has 8 atom stereocenters. The summed E-state index contributed by atoms with van der Waals surface area (Å²) in [7, 11) is 0. The molecule has 0 aromatic heterocycles. The van der Waals surface area contributed by atoms with Crippen LogP contribution in [0.4, 0.5) is 0 Å². The molecule has 4 aliphatic heterocycles. The van der Waals surface area contributed by atoms with Crippen LogP contribution in [0.15, 0.2) is 42.5 Å². The molecule has 7 N–H and O–H groups in total. The molecule has 2 fully saturated rings. The zero-order valence-corrected chi connectivity index (χ0v) is 31.1. The fraction of sp³-hybridized carbons (Fsp3) is 0.550. The standard InChI is InChI=1S/C40H53N3O11/c1-23-17-29-18-24(2)35(23)53-16-5-4-13-30(43-38(49)28-12-8-15-52-22-28)27-11-6-9-26(19-27)10-7-14-40(39(50)51)20-31(45)33(42-25(3)44)36(54-40)34(47)32(46)21-41-37(29)48/h6-7,9-11,17-19,28,30-34,36,45-47H,4-5,8,12-16,20-22H2,1-3H3,(H,41,48)(H,42,44)(H,43,49)(H,50,51)/b10-7+/t28?,30-,31-,32+,33+,34+,36?,40+/m0/s1. The van der Waals surface area contributed by atoms with E-state index in [4.69, 9.17) is 14.2 Å². The highest BCUT2D eigenvalue weighted by molar-refractivity contribution is 5.95. The van der Waals surface area contributed by atoms with Crippen molar-refractivity contribution in [2.24, 2.45) is 5.92 Å². The Morgan fingerprint density at radius 2 is 1.70 bits per heavy atom. The fourth-order valence-electron chi connectivity index (χ4n) is 7.51. The maximum absolute atomic E-state index is 13.4. The van der Waals surface area contributed by atoms with Crippen molar-refractivity contribution in [3.05, 3.63) is 70.3 Å². The first-order valence-corrected chi connectivity index (χ1v) is 18.7. The Bertz CT molecular complexity index is 1670. The molecule has 4 heterocycles. The van der Waals surface area contributed by atoms with Crippen molar-refractivity contribution in [1.82, 2.24) is 16.0 Å². The number of aliphatic hydroxyl groups is 3. The van der Waals surface area contributed by atoms with Crippen LogP contribution >= 0.6 is 0 Å². The molecule has 3 amide bonds. The first kappa shape index (κ1) is 40.8. The van der Waals surface area contributed by atoms with Gasteiger partial charge in [0.15, 0.2) is 5.60 Å². The summed E-state index contributed by atoms with van der Waals surface area (Å²) < 4.78 is 17.8. The van der Waals surface area contributed by atoms with Crippen molar-refractivity contribution in [1.29, 1.82) is 0 Å². The second kappa shape index (κ2) is 18.3. The lowest BCUT2D eigenvalue weighted by molar-refractivity contribution is -0.226. The summed E-state index contributed by atoms with van der Waals surface area (Å²) >= 11 is 0. The van der Waals surface area contributed by atoms with Crippen LogP contribution in [-0.4, -0.2) is 107 Å². The maximum Gasteiger partial charge on any atom is 0.336 e. The minimum absolute atomic E-state index is 0.0729. The lowest BCUT2D eigenvalue weighted by atomic mass is 9.81. The topological polar surface area (TPSA) is 213 Å². The maximum atomic E-state index is 13.4. The van der Waals surface area contributed by atoms with Gasteiger partial charge in [-0.25, -0.2) is 4.79 Å². The third-order valence-electron chi connectivity index (χ3n) is 10.4. The fourth-order valence-corrected chi connectivity index (χ4v) is 7.51. The Balaban J connectivity index is 1.48. The number of ether oxygens (including phenoxy) is 3. The number of fused-ring (bicyclic) bond motifs is 12. The molecule has 2 unspecified atom stereocenters. The molecule has 0 saturated carbocycles. The lowest BCUT2D eigenvalue weighted by Gasteiger charge is -2.47. The van der Waals surface area contributed by atoms with Gasteiger partial charge < -0.3 is 50.6 Å². The van der Waals surface area contributed by atoms with Crippen molar-refractivity contribution in [2.75, 3.05) is 26.4 Å². The SMILES string of the molecule is CC(=O)N[C@H]1C2O[C@](C(=O)O)(C/C=C/c3cccc(c3)[C@@H](NC(=O)C3CCCOC3)CCCCOc3c(C)cc(cc3C)C(=O)NC[C@@H](O)[C@H]2O)C[C@@H]1O. The molecule has 2 aromatic carbocycles. The largest absolute Gasteiger partial charge is 0.493 e. The number of carbonyl (C=O) groups is 4. The Labute approximate surface area is 315 Å². The number of rotatable bonds is 4. The van der Waals surface area contributed by atoms with Gasteiger partial charge in [0.2, 0.25) is 11.8 Å². The predicted molar refractivity (Wildman–Crippen MR) is 198 cm³/mol. The van der Waals surface area contributed by atoms with Crippen LogP contribution in [0.25, 0.3) is 6.08 Å². The minimum Gasteiger partial charge on any atom is -0.493 e. The summed E-state index contributed by atoms with van der Waals surface area (Å²) in [4.78, 5) is 51.5. The Morgan fingerprint density at radius 1 is 0.944 bits per heavy atom. The number of carboxylic acid groups (broad SMARTS) is 1. The summed E-state index contributed by atoms with van der Waals surface area (Å²) in [5.74, 6) is -2.17. The molecule has 54 heavy (non-hydrogen) atoms. The third kappa shape index (κ3) is 10.0. The van der Waals surface area contributed by atoms with E-state index in [9.17, 15) is 39.6 Å². The minimum atomic E-state index is -2.04. The van der Waals surface area contributed by atoms with Crippen molar-refractivity contribution in [2.45, 2.75) is 108 Å². The Hall–Kier alpha value is -4.34. The lowest BCUT2D eigenvalue weighted by Crippen LogP contribution is -2.67. The molecule has 6 bridgehead atoms. The number of carboxylic acids is 1. The summed E-state index contributed by atoms with van der Waals surface area (Å²) in [5, 5.41) is 52.4. The summed E-state index contributed by atoms with van der Waals surface area (Å²) in [5.41, 5.74) is 1.32.